The molecule has 1 unspecified atom stereocenters. The summed E-state index contributed by atoms with van der Waals surface area (Å²) in [7, 11) is 1.87. The molecule has 6 heteroatoms. The third kappa shape index (κ3) is 2.51. The standard InChI is InChI=1S/C15H21N5O/c1-10-12-7-11(8-17-13(12)20(3)19-10)18-14(21)15(2)5-4-6-16-9-15/h7-8,16H,4-6,9H2,1-3H3,(H,18,21). The van der Waals surface area contributed by atoms with Crippen molar-refractivity contribution in [2.45, 2.75) is 26.7 Å². The van der Waals surface area contributed by atoms with Gasteiger partial charge in [0, 0.05) is 19.0 Å². The van der Waals surface area contributed by atoms with Crippen LogP contribution in [0.25, 0.3) is 11.0 Å². The van der Waals surface area contributed by atoms with E-state index in [2.05, 4.69) is 20.7 Å². The minimum absolute atomic E-state index is 0.0531. The number of carbonyl (C=O) groups is 1. The van der Waals surface area contributed by atoms with Gasteiger partial charge in [-0.3, -0.25) is 9.48 Å². The molecule has 0 bridgehead atoms. The van der Waals surface area contributed by atoms with Gasteiger partial charge in [0.1, 0.15) is 0 Å². The number of pyridine rings is 1. The number of hydrogen-bond donors (Lipinski definition) is 2. The number of aromatic nitrogens is 3. The third-order valence-corrected chi connectivity index (χ3v) is 4.27. The quantitative estimate of drug-likeness (QED) is 0.880. The fraction of sp³-hybridized carbons (Fsp3) is 0.533. The van der Waals surface area contributed by atoms with Crippen molar-refractivity contribution < 1.29 is 4.79 Å². The molecule has 2 N–H and O–H groups in total. The van der Waals surface area contributed by atoms with Crippen molar-refractivity contribution in [3.8, 4) is 0 Å². The van der Waals surface area contributed by atoms with Crippen LogP contribution in [0, 0.1) is 12.3 Å². The van der Waals surface area contributed by atoms with Crippen LogP contribution in [0.2, 0.25) is 0 Å². The third-order valence-electron chi connectivity index (χ3n) is 4.27. The number of aryl methyl sites for hydroxylation is 2. The molecule has 1 atom stereocenters. The van der Waals surface area contributed by atoms with E-state index < -0.39 is 0 Å². The van der Waals surface area contributed by atoms with Crippen LogP contribution < -0.4 is 10.6 Å². The molecular formula is C15H21N5O. The summed E-state index contributed by atoms with van der Waals surface area (Å²) in [5.41, 5.74) is 2.13. The predicted molar refractivity (Wildman–Crippen MR) is 82.1 cm³/mol. The molecule has 112 valence electrons. The molecule has 0 spiro atoms. The lowest BCUT2D eigenvalue weighted by Gasteiger charge is -2.32. The van der Waals surface area contributed by atoms with Gasteiger partial charge < -0.3 is 10.6 Å². The summed E-state index contributed by atoms with van der Waals surface area (Å²) in [5.74, 6) is 0.0531. The Morgan fingerprint density at radius 2 is 2.33 bits per heavy atom. The first-order valence-corrected chi connectivity index (χ1v) is 7.31. The maximum atomic E-state index is 12.5. The summed E-state index contributed by atoms with van der Waals surface area (Å²) in [6, 6.07) is 1.95. The number of rotatable bonds is 2. The monoisotopic (exact) mass is 287 g/mol. The van der Waals surface area contributed by atoms with Crippen LogP contribution in [0.5, 0.6) is 0 Å². The number of carbonyl (C=O) groups excluding carboxylic acids is 1. The molecule has 0 aliphatic carbocycles. The maximum Gasteiger partial charge on any atom is 0.231 e. The normalized spacial score (nSPS) is 22.4. The number of piperidine rings is 1. The van der Waals surface area contributed by atoms with Gasteiger partial charge in [-0.25, -0.2) is 4.98 Å². The van der Waals surface area contributed by atoms with Gasteiger partial charge in [-0.2, -0.15) is 5.10 Å². The van der Waals surface area contributed by atoms with Gasteiger partial charge in [-0.1, -0.05) is 0 Å². The second-order valence-corrected chi connectivity index (χ2v) is 6.10. The van der Waals surface area contributed by atoms with E-state index in [1.54, 1.807) is 10.9 Å². The Hall–Kier alpha value is -1.95. The van der Waals surface area contributed by atoms with Gasteiger partial charge in [0.25, 0.3) is 0 Å². The van der Waals surface area contributed by atoms with E-state index in [0.29, 0.717) is 0 Å². The Balaban J connectivity index is 1.84. The van der Waals surface area contributed by atoms with Crippen molar-refractivity contribution in [2.75, 3.05) is 18.4 Å². The fourth-order valence-electron chi connectivity index (χ4n) is 2.91. The average Bonchev–Trinajstić information content (AvgIpc) is 2.74. The van der Waals surface area contributed by atoms with Crippen molar-refractivity contribution in [2.24, 2.45) is 12.5 Å². The average molecular weight is 287 g/mol. The largest absolute Gasteiger partial charge is 0.324 e. The highest BCUT2D eigenvalue weighted by Gasteiger charge is 2.34. The zero-order valence-electron chi connectivity index (χ0n) is 12.7. The van der Waals surface area contributed by atoms with Crippen LogP contribution in [0.1, 0.15) is 25.5 Å². The molecule has 1 amide bonds. The first kappa shape index (κ1) is 14.0. The van der Waals surface area contributed by atoms with Crippen molar-refractivity contribution >= 4 is 22.6 Å². The Morgan fingerprint density at radius 3 is 3.05 bits per heavy atom. The molecule has 0 radical (unpaired) electrons. The molecule has 0 aromatic carbocycles. The molecule has 1 aliphatic heterocycles. The number of nitrogens with one attached hydrogen (secondary N) is 2. The van der Waals surface area contributed by atoms with E-state index in [0.717, 1.165) is 48.3 Å². The van der Waals surface area contributed by atoms with Crippen LogP contribution in [0.4, 0.5) is 5.69 Å². The highest BCUT2D eigenvalue weighted by atomic mass is 16.2. The fourth-order valence-corrected chi connectivity index (χ4v) is 2.91. The van der Waals surface area contributed by atoms with Crippen LogP contribution in [0.15, 0.2) is 12.3 Å². The number of hydrogen-bond acceptors (Lipinski definition) is 4. The first-order valence-electron chi connectivity index (χ1n) is 7.31. The molecule has 0 saturated carbocycles. The second kappa shape index (κ2) is 5.11. The number of amides is 1. The van der Waals surface area contributed by atoms with Gasteiger partial charge in [0.15, 0.2) is 5.65 Å². The van der Waals surface area contributed by atoms with Gasteiger partial charge >= 0.3 is 0 Å². The summed E-state index contributed by atoms with van der Waals surface area (Å²) >= 11 is 0. The van der Waals surface area contributed by atoms with Gasteiger partial charge in [0.2, 0.25) is 5.91 Å². The van der Waals surface area contributed by atoms with E-state index in [-0.39, 0.29) is 11.3 Å². The lowest BCUT2D eigenvalue weighted by molar-refractivity contribution is -0.125. The molecule has 21 heavy (non-hydrogen) atoms. The number of anilines is 1. The maximum absolute atomic E-state index is 12.5. The van der Waals surface area contributed by atoms with Gasteiger partial charge in [-0.05, 0) is 39.3 Å². The number of fused-ring (bicyclic) bond motifs is 1. The van der Waals surface area contributed by atoms with E-state index in [9.17, 15) is 4.79 Å². The zero-order chi connectivity index (χ0) is 15.0. The highest BCUT2D eigenvalue weighted by molar-refractivity contribution is 5.96. The molecular weight excluding hydrogens is 266 g/mol. The van der Waals surface area contributed by atoms with Crippen LogP contribution in [-0.4, -0.2) is 33.8 Å². The Morgan fingerprint density at radius 1 is 1.52 bits per heavy atom. The molecule has 2 aromatic rings. The van der Waals surface area contributed by atoms with E-state index in [1.807, 2.05) is 27.0 Å². The lowest BCUT2D eigenvalue weighted by atomic mass is 9.82. The molecule has 1 aliphatic rings. The summed E-state index contributed by atoms with van der Waals surface area (Å²) in [4.78, 5) is 16.9. The van der Waals surface area contributed by atoms with Crippen LogP contribution in [-0.2, 0) is 11.8 Å². The van der Waals surface area contributed by atoms with Crippen molar-refractivity contribution in [1.29, 1.82) is 0 Å². The molecule has 3 rings (SSSR count). The zero-order valence-corrected chi connectivity index (χ0v) is 12.7. The summed E-state index contributed by atoms with van der Waals surface area (Å²) in [5, 5.41) is 11.6. The van der Waals surface area contributed by atoms with E-state index in [4.69, 9.17) is 0 Å². The molecule has 2 aromatic heterocycles. The Bertz CT molecular complexity index is 685. The predicted octanol–water partition coefficient (Wildman–Crippen LogP) is 1.60. The molecule has 1 fully saturated rings. The van der Waals surface area contributed by atoms with Gasteiger partial charge in [0.05, 0.1) is 23.0 Å². The second-order valence-electron chi connectivity index (χ2n) is 6.10. The topological polar surface area (TPSA) is 71.8 Å². The van der Waals surface area contributed by atoms with Crippen molar-refractivity contribution in [3.05, 3.63) is 18.0 Å². The number of nitrogens with zero attached hydrogens (tertiary/aromatic N) is 3. The SMILES string of the molecule is Cc1nn(C)c2ncc(NC(=O)C3(C)CCCNC3)cc12. The molecule has 3 heterocycles. The van der Waals surface area contributed by atoms with Crippen LogP contribution >= 0.6 is 0 Å². The molecule has 6 nitrogen and oxygen atoms in total. The first-order chi connectivity index (χ1) is 9.99. The minimum Gasteiger partial charge on any atom is -0.324 e. The van der Waals surface area contributed by atoms with Crippen molar-refractivity contribution in [3.63, 3.8) is 0 Å². The Labute approximate surface area is 123 Å². The highest BCUT2D eigenvalue weighted by Crippen LogP contribution is 2.28. The smallest absolute Gasteiger partial charge is 0.231 e. The van der Waals surface area contributed by atoms with Gasteiger partial charge in [-0.15, -0.1) is 0 Å². The van der Waals surface area contributed by atoms with Crippen molar-refractivity contribution in [1.82, 2.24) is 20.1 Å². The summed E-state index contributed by atoms with van der Waals surface area (Å²) in [6.45, 7) is 5.67. The Kier molecular flexibility index (Phi) is 3.41. The van der Waals surface area contributed by atoms with Crippen LogP contribution in [0.3, 0.4) is 0 Å². The minimum atomic E-state index is -0.350. The summed E-state index contributed by atoms with van der Waals surface area (Å²) < 4.78 is 1.75. The summed E-state index contributed by atoms with van der Waals surface area (Å²) in [6.07, 6.45) is 3.64. The van der Waals surface area contributed by atoms with E-state index >= 15 is 0 Å². The lowest BCUT2D eigenvalue weighted by Crippen LogP contribution is -2.46. The molecule has 1 saturated heterocycles. The van der Waals surface area contributed by atoms with E-state index in [1.165, 1.54) is 0 Å².